The van der Waals surface area contributed by atoms with Crippen molar-refractivity contribution in [3.63, 3.8) is 0 Å². The maximum atomic E-state index is 13.3. The molecule has 0 spiro atoms. The number of piperidine rings is 1. The van der Waals surface area contributed by atoms with Gasteiger partial charge in [0.2, 0.25) is 5.91 Å². The first-order valence-corrected chi connectivity index (χ1v) is 12.5. The highest BCUT2D eigenvalue weighted by atomic mass is 35.5. The normalized spacial score (nSPS) is 15.8. The number of halogens is 1. The number of rotatable bonds is 8. The zero-order valence-electron chi connectivity index (χ0n) is 21.5. The van der Waals surface area contributed by atoms with Crippen LogP contribution in [0.3, 0.4) is 0 Å². The number of carbonyl (C=O) groups is 3. The van der Waals surface area contributed by atoms with Crippen molar-refractivity contribution >= 4 is 41.7 Å². The van der Waals surface area contributed by atoms with E-state index in [1.165, 1.54) is 0 Å². The van der Waals surface area contributed by atoms with Crippen molar-refractivity contribution in [2.24, 2.45) is 0 Å². The summed E-state index contributed by atoms with van der Waals surface area (Å²) in [5.41, 5.74) is 4.92. The van der Waals surface area contributed by atoms with Crippen LogP contribution in [0.15, 0.2) is 66.9 Å². The topological polar surface area (TPSA) is 112 Å². The first-order chi connectivity index (χ1) is 17.8. The van der Waals surface area contributed by atoms with Gasteiger partial charge in [-0.2, -0.15) is 0 Å². The fourth-order valence-corrected chi connectivity index (χ4v) is 4.61. The molecule has 1 aliphatic heterocycles. The van der Waals surface area contributed by atoms with Crippen molar-refractivity contribution in [2.45, 2.75) is 51.5 Å². The Kier molecular flexibility index (Phi) is 9.85. The molecule has 2 aromatic carbocycles. The fourth-order valence-electron chi connectivity index (χ4n) is 4.61. The summed E-state index contributed by atoms with van der Waals surface area (Å²) in [5, 5.41) is 14.6. The number of aromatic nitrogens is 1. The van der Waals surface area contributed by atoms with Gasteiger partial charge in [0.05, 0.1) is 29.9 Å². The number of aryl methyl sites for hydroxylation is 1. The van der Waals surface area contributed by atoms with Crippen molar-refractivity contribution < 1.29 is 19.5 Å². The molecule has 1 aromatic heterocycles. The van der Waals surface area contributed by atoms with Gasteiger partial charge in [-0.25, -0.2) is 4.79 Å². The minimum absolute atomic E-state index is 0. The van der Waals surface area contributed by atoms with Gasteiger partial charge in [-0.1, -0.05) is 49.4 Å². The van der Waals surface area contributed by atoms with Gasteiger partial charge in [0.1, 0.15) is 0 Å². The van der Waals surface area contributed by atoms with E-state index in [0.29, 0.717) is 24.5 Å². The van der Waals surface area contributed by atoms with Crippen LogP contribution in [0.5, 0.6) is 0 Å². The molecule has 3 amide bonds. The van der Waals surface area contributed by atoms with Gasteiger partial charge >= 0.3 is 12.0 Å². The second-order valence-electron chi connectivity index (χ2n) is 9.56. The number of likely N-dealkylation sites (tertiary alicyclic amines) is 1. The number of hydrogen-bond acceptors (Lipinski definition) is 4. The maximum absolute atomic E-state index is 13.3. The molecular weight excluding hydrogens is 504 g/mol. The number of nitrogens with zero attached hydrogens (tertiary/aromatic N) is 2. The molecule has 4 rings (SSSR count). The van der Waals surface area contributed by atoms with E-state index in [2.05, 4.69) is 15.6 Å². The van der Waals surface area contributed by atoms with Crippen LogP contribution in [0, 0.1) is 6.92 Å². The largest absolute Gasteiger partial charge is 0.481 e. The van der Waals surface area contributed by atoms with E-state index in [4.69, 9.17) is 5.11 Å². The molecule has 0 bridgehead atoms. The second kappa shape index (κ2) is 13.1. The van der Waals surface area contributed by atoms with Crippen molar-refractivity contribution in [3.8, 4) is 0 Å². The second-order valence-corrected chi connectivity index (χ2v) is 9.56. The predicted octanol–water partition coefficient (Wildman–Crippen LogP) is 5.94. The van der Waals surface area contributed by atoms with Crippen LogP contribution < -0.4 is 10.6 Å². The van der Waals surface area contributed by atoms with Crippen molar-refractivity contribution in [1.29, 1.82) is 0 Å². The van der Waals surface area contributed by atoms with E-state index < -0.39 is 5.97 Å². The molecule has 1 aliphatic rings. The van der Waals surface area contributed by atoms with E-state index in [-0.39, 0.29) is 42.6 Å². The van der Waals surface area contributed by atoms with Gasteiger partial charge in [0.15, 0.2) is 0 Å². The summed E-state index contributed by atoms with van der Waals surface area (Å²) >= 11 is 0. The molecule has 0 aliphatic carbocycles. The lowest BCUT2D eigenvalue weighted by Gasteiger charge is -2.32. The Balaban J connectivity index is 0.00000400. The Morgan fingerprint density at radius 2 is 1.82 bits per heavy atom. The van der Waals surface area contributed by atoms with E-state index >= 15 is 0 Å². The van der Waals surface area contributed by atoms with Gasteiger partial charge in [-0.3, -0.25) is 14.6 Å². The Morgan fingerprint density at radius 3 is 2.47 bits per heavy atom. The van der Waals surface area contributed by atoms with Gasteiger partial charge in [0.25, 0.3) is 0 Å². The van der Waals surface area contributed by atoms with Gasteiger partial charge < -0.3 is 20.6 Å². The van der Waals surface area contributed by atoms with Crippen LogP contribution >= 0.6 is 12.4 Å². The van der Waals surface area contributed by atoms with E-state index in [1.54, 1.807) is 18.3 Å². The Bertz CT molecular complexity index is 1260. The highest BCUT2D eigenvalue weighted by Gasteiger charge is 2.31. The van der Waals surface area contributed by atoms with Gasteiger partial charge in [-0.15, -0.1) is 12.4 Å². The maximum Gasteiger partial charge on any atom is 0.323 e. The van der Waals surface area contributed by atoms with Gasteiger partial charge in [0, 0.05) is 18.8 Å². The minimum atomic E-state index is -0.815. The summed E-state index contributed by atoms with van der Waals surface area (Å²) in [6, 6.07) is 18.6. The molecule has 1 unspecified atom stereocenters. The van der Waals surface area contributed by atoms with Crippen molar-refractivity contribution in [2.75, 3.05) is 17.2 Å². The Hall–Kier alpha value is -3.91. The summed E-state index contributed by atoms with van der Waals surface area (Å²) in [4.78, 5) is 42.9. The molecule has 0 radical (unpaired) electrons. The molecular formula is C29H33ClN4O4. The smallest absolute Gasteiger partial charge is 0.323 e. The number of nitrogens with one attached hydrogen (secondary N) is 2. The first kappa shape index (κ1) is 28.7. The molecule has 3 N–H and O–H groups in total. The lowest BCUT2D eigenvalue weighted by Crippen LogP contribution is -2.39. The van der Waals surface area contributed by atoms with Crippen LogP contribution in [-0.4, -0.2) is 39.4 Å². The first-order valence-electron chi connectivity index (χ1n) is 12.5. The van der Waals surface area contributed by atoms with E-state index in [1.807, 2.05) is 67.3 Å². The number of urea groups is 1. The third-order valence-corrected chi connectivity index (χ3v) is 6.73. The predicted molar refractivity (Wildman–Crippen MR) is 150 cm³/mol. The Morgan fingerprint density at radius 1 is 1.08 bits per heavy atom. The summed E-state index contributed by atoms with van der Waals surface area (Å²) in [5.74, 6) is -1.16. The standard InChI is InChI=1S/C29H32N4O4.ClH/c1-19-6-3-4-8-25(19)32-29(37)31-23-13-14-26(30-17-23)24-7-5-15-33(28(24)36)18-21-9-11-22(12-10-21)20(2)16-27(34)35;/h3-4,6,8-14,17,20,24H,5,7,15-16,18H2,1-2H3,(H,34,35)(H2,31,32,37);1H/t20-,24?;/m1./s1. The van der Waals surface area contributed by atoms with E-state index in [9.17, 15) is 14.4 Å². The number of benzene rings is 2. The summed E-state index contributed by atoms with van der Waals surface area (Å²) in [6.45, 7) is 5.01. The fraction of sp³-hybridized carbons (Fsp3) is 0.310. The summed E-state index contributed by atoms with van der Waals surface area (Å²) in [7, 11) is 0. The Labute approximate surface area is 228 Å². The number of hydrogen-bond donors (Lipinski definition) is 3. The summed E-state index contributed by atoms with van der Waals surface area (Å²) < 4.78 is 0. The van der Waals surface area contributed by atoms with E-state index in [0.717, 1.165) is 35.2 Å². The van der Waals surface area contributed by atoms with Crippen molar-refractivity contribution in [3.05, 3.63) is 89.2 Å². The van der Waals surface area contributed by atoms with Crippen LogP contribution in [0.2, 0.25) is 0 Å². The lowest BCUT2D eigenvalue weighted by molar-refractivity contribution is -0.137. The lowest BCUT2D eigenvalue weighted by atomic mass is 9.92. The van der Waals surface area contributed by atoms with Crippen LogP contribution in [0.4, 0.5) is 16.2 Å². The number of pyridine rings is 1. The SMILES string of the molecule is Cc1ccccc1NC(=O)Nc1ccc(C2CCCN(Cc3ccc([C@H](C)CC(=O)O)cc3)C2=O)nc1.Cl. The third-order valence-electron chi connectivity index (χ3n) is 6.73. The molecule has 38 heavy (non-hydrogen) atoms. The van der Waals surface area contributed by atoms with Crippen LogP contribution in [0.1, 0.15) is 60.4 Å². The minimum Gasteiger partial charge on any atom is -0.481 e. The average molecular weight is 537 g/mol. The molecule has 1 fully saturated rings. The molecule has 2 atom stereocenters. The van der Waals surface area contributed by atoms with Crippen LogP contribution in [0.25, 0.3) is 0 Å². The third kappa shape index (κ3) is 7.32. The monoisotopic (exact) mass is 536 g/mol. The highest BCUT2D eigenvalue weighted by Crippen LogP contribution is 2.29. The van der Waals surface area contributed by atoms with Crippen LogP contribution in [-0.2, 0) is 16.1 Å². The summed E-state index contributed by atoms with van der Waals surface area (Å²) in [6.07, 6.45) is 3.28. The molecule has 200 valence electrons. The number of anilines is 2. The number of amides is 3. The zero-order chi connectivity index (χ0) is 26.4. The number of para-hydroxylation sites is 1. The molecule has 2 heterocycles. The quantitative estimate of drug-likeness (QED) is 0.330. The molecule has 8 nitrogen and oxygen atoms in total. The molecule has 3 aromatic rings. The molecule has 9 heteroatoms. The number of carbonyl (C=O) groups excluding carboxylic acids is 2. The molecule has 0 saturated carbocycles. The average Bonchev–Trinajstić information content (AvgIpc) is 2.87. The number of carboxylic acids is 1. The van der Waals surface area contributed by atoms with Crippen molar-refractivity contribution in [1.82, 2.24) is 9.88 Å². The number of aliphatic carboxylic acids is 1. The molecule has 1 saturated heterocycles. The van der Waals surface area contributed by atoms with Gasteiger partial charge in [-0.05, 0) is 60.6 Å². The highest BCUT2D eigenvalue weighted by molar-refractivity contribution is 6.00. The number of carboxylic acid groups (broad SMARTS) is 1. The zero-order valence-corrected chi connectivity index (χ0v) is 22.3.